The lowest BCUT2D eigenvalue weighted by Crippen LogP contribution is -2.19. The van der Waals surface area contributed by atoms with E-state index in [1.54, 1.807) is 57.7 Å². The maximum absolute atomic E-state index is 13.0. The first-order valence-electron chi connectivity index (χ1n) is 10.6. The van der Waals surface area contributed by atoms with Crippen LogP contribution >= 0.6 is 11.3 Å². The molecule has 0 saturated carbocycles. The van der Waals surface area contributed by atoms with Crippen LogP contribution in [-0.2, 0) is 11.3 Å². The number of ketones is 1. The number of ether oxygens (including phenoxy) is 3. The first kappa shape index (κ1) is 23.4. The highest BCUT2D eigenvalue weighted by molar-refractivity contribution is 7.16. The Hall–Kier alpha value is -3.75. The van der Waals surface area contributed by atoms with Crippen molar-refractivity contribution in [3.05, 3.63) is 88.2 Å². The number of amides is 1. The van der Waals surface area contributed by atoms with E-state index in [1.807, 2.05) is 34.9 Å². The number of methoxy groups -OCH3 is 3. The van der Waals surface area contributed by atoms with Gasteiger partial charge in [-0.15, -0.1) is 0 Å². The van der Waals surface area contributed by atoms with Crippen LogP contribution in [0.4, 0.5) is 0 Å². The van der Waals surface area contributed by atoms with Gasteiger partial charge in [-0.3, -0.25) is 9.59 Å². The van der Waals surface area contributed by atoms with Crippen molar-refractivity contribution in [2.45, 2.75) is 6.54 Å². The Morgan fingerprint density at radius 2 is 1.47 bits per heavy atom. The van der Waals surface area contributed by atoms with Gasteiger partial charge in [-0.25, -0.2) is 0 Å². The fraction of sp³-hybridized carbons (Fsp3) is 0.192. The number of thiazole rings is 1. The molecule has 8 heteroatoms. The molecule has 0 spiro atoms. The van der Waals surface area contributed by atoms with Crippen LogP contribution < -0.4 is 14.3 Å². The second-order valence-corrected chi connectivity index (χ2v) is 8.40. The molecule has 4 aromatic rings. The lowest BCUT2D eigenvalue weighted by Gasteiger charge is -2.09. The number of aromatic nitrogens is 1. The standard InChI is InChI=1S/C26H24N2O5S/c1-31-14-13-28-20-15-21(32-2)22(33-3)16-23(20)34-26(28)27-25(30)19-11-9-18(10-12-19)24(29)17-7-5-4-6-8-17/h4-12,15-16H,13-14H2,1-3H3. The van der Waals surface area contributed by atoms with E-state index in [0.29, 0.717) is 46.1 Å². The normalized spacial score (nSPS) is 11.6. The molecule has 1 amide bonds. The van der Waals surface area contributed by atoms with Crippen molar-refractivity contribution >= 4 is 33.2 Å². The van der Waals surface area contributed by atoms with Crippen LogP contribution in [0.2, 0.25) is 0 Å². The summed E-state index contributed by atoms with van der Waals surface area (Å²) in [5.74, 6) is 0.707. The Labute approximate surface area is 200 Å². The molecule has 1 heterocycles. The number of rotatable bonds is 8. The summed E-state index contributed by atoms with van der Waals surface area (Å²) in [7, 11) is 4.78. The smallest absolute Gasteiger partial charge is 0.279 e. The Bertz CT molecular complexity index is 1390. The van der Waals surface area contributed by atoms with Gasteiger partial charge in [-0.2, -0.15) is 4.99 Å². The topological polar surface area (TPSA) is 79.1 Å². The van der Waals surface area contributed by atoms with E-state index in [1.165, 1.54) is 11.3 Å². The Morgan fingerprint density at radius 1 is 0.853 bits per heavy atom. The van der Waals surface area contributed by atoms with Crippen LogP contribution in [0, 0.1) is 0 Å². The average Bonchev–Trinajstić information content (AvgIpc) is 3.22. The summed E-state index contributed by atoms with van der Waals surface area (Å²) in [5, 5.41) is 0. The molecule has 0 fully saturated rings. The molecule has 7 nitrogen and oxygen atoms in total. The van der Waals surface area contributed by atoms with Crippen LogP contribution in [0.5, 0.6) is 11.5 Å². The Balaban J connectivity index is 1.70. The molecular weight excluding hydrogens is 452 g/mol. The summed E-state index contributed by atoms with van der Waals surface area (Å²) < 4.78 is 18.9. The summed E-state index contributed by atoms with van der Waals surface area (Å²) >= 11 is 1.38. The third kappa shape index (κ3) is 4.78. The van der Waals surface area contributed by atoms with Gasteiger partial charge in [0.05, 0.1) is 31.0 Å². The predicted octanol–water partition coefficient (Wildman–Crippen LogP) is 4.34. The van der Waals surface area contributed by atoms with Crippen molar-refractivity contribution in [1.82, 2.24) is 4.57 Å². The van der Waals surface area contributed by atoms with Crippen molar-refractivity contribution in [2.75, 3.05) is 27.9 Å². The van der Waals surface area contributed by atoms with Gasteiger partial charge in [-0.05, 0) is 12.1 Å². The molecule has 3 aromatic carbocycles. The quantitative estimate of drug-likeness (QED) is 0.354. The maximum atomic E-state index is 13.0. The number of nitrogens with zero attached hydrogens (tertiary/aromatic N) is 2. The van der Waals surface area contributed by atoms with Gasteiger partial charge in [-0.1, -0.05) is 53.8 Å². The minimum absolute atomic E-state index is 0.0960. The average molecular weight is 477 g/mol. The third-order valence-electron chi connectivity index (χ3n) is 5.33. The lowest BCUT2D eigenvalue weighted by molar-refractivity contribution is 0.0994. The van der Waals surface area contributed by atoms with Gasteiger partial charge in [0, 0.05) is 42.5 Å². The predicted molar refractivity (Wildman–Crippen MR) is 131 cm³/mol. The van der Waals surface area contributed by atoms with Crippen molar-refractivity contribution in [3.8, 4) is 11.5 Å². The zero-order chi connectivity index (χ0) is 24.1. The second-order valence-electron chi connectivity index (χ2n) is 7.39. The number of carbonyl (C=O) groups is 2. The van der Waals surface area contributed by atoms with E-state index in [0.717, 1.165) is 10.2 Å². The monoisotopic (exact) mass is 476 g/mol. The molecule has 0 N–H and O–H groups in total. The molecule has 1 aromatic heterocycles. The van der Waals surface area contributed by atoms with Crippen molar-refractivity contribution in [3.63, 3.8) is 0 Å². The largest absolute Gasteiger partial charge is 0.493 e. The van der Waals surface area contributed by atoms with E-state index >= 15 is 0 Å². The molecule has 0 radical (unpaired) electrons. The zero-order valence-electron chi connectivity index (χ0n) is 19.1. The van der Waals surface area contributed by atoms with Crippen LogP contribution in [0.3, 0.4) is 0 Å². The first-order valence-corrected chi connectivity index (χ1v) is 11.4. The molecule has 0 aliphatic rings. The van der Waals surface area contributed by atoms with Crippen molar-refractivity contribution in [1.29, 1.82) is 0 Å². The van der Waals surface area contributed by atoms with Crippen LogP contribution in [0.1, 0.15) is 26.3 Å². The van der Waals surface area contributed by atoms with Gasteiger partial charge in [0.1, 0.15) is 0 Å². The molecule has 0 aliphatic heterocycles. The van der Waals surface area contributed by atoms with E-state index in [4.69, 9.17) is 14.2 Å². The number of carbonyl (C=O) groups excluding carboxylic acids is 2. The molecule has 0 atom stereocenters. The van der Waals surface area contributed by atoms with Crippen LogP contribution in [0.25, 0.3) is 10.2 Å². The highest BCUT2D eigenvalue weighted by atomic mass is 32.1. The zero-order valence-corrected chi connectivity index (χ0v) is 19.9. The molecular formula is C26H24N2O5S. The van der Waals surface area contributed by atoms with Gasteiger partial charge in [0.25, 0.3) is 5.91 Å². The van der Waals surface area contributed by atoms with Gasteiger partial charge in [0.15, 0.2) is 22.1 Å². The van der Waals surface area contributed by atoms with E-state index in [2.05, 4.69) is 4.99 Å². The Kier molecular flexibility index (Phi) is 7.20. The first-order chi connectivity index (χ1) is 16.5. The van der Waals surface area contributed by atoms with E-state index in [9.17, 15) is 9.59 Å². The van der Waals surface area contributed by atoms with Crippen molar-refractivity contribution < 1.29 is 23.8 Å². The lowest BCUT2D eigenvalue weighted by atomic mass is 10.0. The number of hydrogen-bond donors (Lipinski definition) is 0. The summed E-state index contributed by atoms with van der Waals surface area (Å²) in [6.07, 6.45) is 0. The summed E-state index contributed by atoms with van der Waals surface area (Å²) in [5.41, 5.74) is 2.38. The molecule has 0 aliphatic carbocycles. The molecule has 0 bridgehead atoms. The minimum Gasteiger partial charge on any atom is -0.493 e. The minimum atomic E-state index is -0.393. The highest BCUT2D eigenvalue weighted by Gasteiger charge is 2.15. The van der Waals surface area contributed by atoms with Crippen LogP contribution in [-0.4, -0.2) is 44.2 Å². The van der Waals surface area contributed by atoms with E-state index in [-0.39, 0.29) is 5.78 Å². The summed E-state index contributed by atoms with van der Waals surface area (Å²) in [6.45, 7) is 0.973. The number of hydrogen-bond acceptors (Lipinski definition) is 6. The van der Waals surface area contributed by atoms with Crippen LogP contribution in [0.15, 0.2) is 71.7 Å². The third-order valence-corrected chi connectivity index (χ3v) is 6.38. The molecule has 4 rings (SSSR count). The fourth-order valence-electron chi connectivity index (χ4n) is 3.55. The number of fused-ring (bicyclic) bond motifs is 1. The van der Waals surface area contributed by atoms with E-state index < -0.39 is 5.91 Å². The molecule has 174 valence electrons. The maximum Gasteiger partial charge on any atom is 0.279 e. The Morgan fingerprint density at radius 3 is 2.12 bits per heavy atom. The highest BCUT2D eigenvalue weighted by Crippen LogP contribution is 2.33. The summed E-state index contributed by atoms with van der Waals surface area (Å²) in [4.78, 5) is 30.5. The van der Waals surface area contributed by atoms with Gasteiger partial charge >= 0.3 is 0 Å². The van der Waals surface area contributed by atoms with Crippen molar-refractivity contribution in [2.24, 2.45) is 4.99 Å². The second kappa shape index (κ2) is 10.5. The van der Waals surface area contributed by atoms with Gasteiger partial charge in [0.2, 0.25) is 0 Å². The molecule has 34 heavy (non-hydrogen) atoms. The number of benzene rings is 3. The summed E-state index contributed by atoms with van der Waals surface area (Å²) in [6, 6.07) is 19.3. The molecule has 0 unspecified atom stereocenters. The van der Waals surface area contributed by atoms with Gasteiger partial charge < -0.3 is 18.8 Å². The molecule has 0 saturated heterocycles. The fourth-order valence-corrected chi connectivity index (χ4v) is 4.62. The SMILES string of the molecule is COCCn1c(=NC(=O)c2ccc(C(=O)c3ccccc3)cc2)sc2cc(OC)c(OC)cc21.